The zero-order valence-corrected chi connectivity index (χ0v) is 16.8. The van der Waals surface area contributed by atoms with E-state index in [0.29, 0.717) is 18.1 Å². The number of carbonyl (C=O) groups excluding carboxylic acids is 1. The van der Waals surface area contributed by atoms with Gasteiger partial charge in [-0.1, -0.05) is 23.7 Å². The smallest absolute Gasteiger partial charge is 0.292 e. The Morgan fingerprint density at radius 3 is 2.42 bits per heavy atom. The number of hydrogen-bond acceptors (Lipinski definition) is 4. The van der Waals surface area contributed by atoms with E-state index < -0.39 is 5.91 Å². The van der Waals surface area contributed by atoms with Crippen molar-refractivity contribution in [1.82, 2.24) is 9.78 Å². The third kappa shape index (κ3) is 5.29. The lowest BCUT2D eigenvalue weighted by molar-refractivity contribution is 0.0992. The number of hydrogen-bond donors (Lipinski definition) is 1. The molecule has 0 saturated heterocycles. The molecule has 31 heavy (non-hydrogen) atoms. The van der Waals surface area contributed by atoms with Gasteiger partial charge in [0.05, 0.1) is 6.54 Å². The van der Waals surface area contributed by atoms with E-state index in [1.807, 2.05) is 0 Å². The van der Waals surface area contributed by atoms with Gasteiger partial charge in [-0.2, -0.15) is 5.10 Å². The third-order valence-corrected chi connectivity index (χ3v) is 4.56. The Kier molecular flexibility index (Phi) is 5.99. The molecule has 6 nitrogen and oxygen atoms in total. The first kappa shape index (κ1) is 20.6. The molecule has 0 atom stereocenters. The molecule has 0 unspecified atom stereocenters. The van der Waals surface area contributed by atoms with Crippen LogP contribution in [0.2, 0.25) is 5.02 Å². The van der Waals surface area contributed by atoms with E-state index in [1.54, 1.807) is 24.4 Å². The fraction of sp³-hybridized carbons (Fsp3) is 0.0909. The second-order valence-electron chi connectivity index (χ2n) is 6.61. The molecule has 2 aromatic heterocycles. The quantitative estimate of drug-likeness (QED) is 0.421. The Bertz CT molecular complexity index is 1190. The molecule has 0 fully saturated rings. The van der Waals surface area contributed by atoms with Crippen molar-refractivity contribution in [1.29, 1.82) is 0 Å². The Hall–Kier alpha value is -3.65. The van der Waals surface area contributed by atoms with Crippen molar-refractivity contribution < 1.29 is 22.7 Å². The van der Waals surface area contributed by atoms with Crippen molar-refractivity contribution in [3.63, 3.8) is 0 Å². The molecule has 0 bridgehead atoms. The maximum atomic E-state index is 13.0. The van der Waals surface area contributed by atoms with Gasteiger partial charge in [-0.05, 0) is 54.1 Å². The molecule has 4 rings (SSSR count). The molecule has 0 spiro atoms. The molecule has 4 aromatic rings. The maximum absolute atomic E-state index is 13.0. The van der Waals surface area contributed by atoms with E-state index in [-0.39, 0.29) is 34.8 Å². The summed E-state index contributed by atoms with van der Waals surface area (Å²) in [6.07, 6.45) is 1.56. The van der Waals surface area contributed by atoms with Crippen molar-refractivity contribution in [3.8, 4) is 5.75 Å². The van der Waals surface area contributed by atoms with E-state index in [2.05, 4.69) is 10.4 Å². The van der Waals surface area contributed by atoms with E-state index in [9.17, 15) is 13.6 Å². The lowest BCUT2D eigenvalue weighted by Crippen LogP contribution is -2.12. The normalized spacial score (nSPS) is 10.8. The van der Waals surface area contributed by atoms with Gasteiger partial charge < -0.3 is 14.5 Å². The summed E-state index contributed by atoms with van der Waals surface area (Å²) < 4.78 is 38.5. The van der Waals surface area contributed by atoms with Crippen LogP contribution >= 0.6 is 11.6 Å². The van der Waals surface area contributed by atoms with Crippen molar-refractivity contribution in [2.24, 2.45) is 0 Å². The summed E-state index contributed by atoms with van der Waals surface area (Å²) in [6.45, 7) is 0.438. The predicted octanol–water partition coefficient (Wildman–Crippen LogP) is 5.29. The molecule has 1 N–H and O–H groups in total. The number of ether oxygens (including phenoxy) is 1. The molecule has 158 valence electrons. The Labute approximate surface area is 181 Å². The van der Waals surface area contributed by atoms with Gasteiger partial charge in [0.1, 0.15) is 34.8 Å². The SMILES string of the molecule is O=C(Nc1nn(Cc2ccc(F)cc2)cc1Cl)c1ccc(COc2ccc(F)cc2)o1. The summed E-state index contributed by atoms with van der Waals surface area (Å²) in [5.41, 5.74) is 0.829. The minimum atomic E-state index is -0.526. The van der Waals surface area contributed by atoms with Crippen LogP contribution < -0.4 is 10.1 Å². The Balaban J connectivity index is 1.36. The van der Waals surface area contributed by atoms with Gasteiger partial charge >= 0.3 is 0 Å². The lowest BCUT2D eigenvalue weighted by atomic mass is 10.2. The highest BCUT2D eigenvalue weighted by atomic mass is 35.5. The monoisotopic (exact) mass is 443 g/mol. The van der Waals surface area contributed by atoms with E-state index in [1.165, 1.54) is 47.1 Å². The number of aromatic nitrogens is 2. The first-order valence-electron chi connectivity index (χ1n) is 9.22. The summed E-state index contributed by atoms with van der Waals surface area (Å²) in [5.74, 6) is -0.0815. The fourth-order valence-electron chi connectivity index (χ4n) is 2.77. The minimum absolute atomic E-state index is 0.0573. The van der Waals surface area contributed by atoms with Crippen LogP contribution in [0.3, 0.4) is 0 Å². The van der Waals surface area contributed by atoms with Crippen molar-refractivity contribution in [3.05, 3.63) is 101 Å². The number of nitrogens with one attached hydrogen (secondary N) is 1. The first-order chi connectivity index (χ1) is 15.0. The number of carbonyl (C=O) groups is 1. The average molecular weight is 444 g/mol. The summed E-state index contributed by atoms with van der Waals surface area (Å²) in [5, 5.41) is 7.09. The second-order valence-corrected chi connectivity index (χ2v) is 7.02. The van der Waals surface area contributed by atoms with Crippen LogP contribution in [0.15, 0.2) is 71.3 Å². The van der Waals surface area contributed by atoms with Gasteiger partial charge in [0.25, 0.3) is 5.91 Å². The molecule has 0 saturated carbocycles. The second kappa shape index (κ2) is 9.01. The molecule has 2 heterocycles. The number of anilines is 1. The fourth-order valence-corrected chi connectivity index (χ4v) is 2.97. The van der Waals surface area contributed by atoms with Crippen LogP contribution in [0, 0.1) is 11.6 Å². The van der Waals surface area contributed by atoms with Crippen molar-refractivity contribution in [2.75, 3.05) is 5.32 Å². The molecule has 0 aliphatic heterocycles. The van der Waals surface area contributed by atoms with Crippen molar-refractivity contribution >= 4 is 23.3 Å². The summed E-state index contributed by atoms with van der Waals surface area (Å²) >= 11 is 6.17. The number of benzene rings is 2. The number of halogens is 3. The highest BCUT2D eigenvalue weighted by Gasteiger charge is 2.16. The van der Waals surface area contributed by atoms with Gasteiger partial charge in [0.2, 0.25) is 0 Å². The van der Waals surface area contributed by atoms with E-state index in [4.69, 9.17) is 20.8 Å². The van der Waals surface area contributed by atoms with Gasteiger partial charge in [0.15, 0.2) is 11.6 Å². The lowest BCUT2D eigenvalue weighted by Gasteiger charge is -2.04. The Morgan fingerprint density at radius 1 is 1.03 bits per heavy atom. The zero-order chi connectivity index (χ0) is 21.8. The van der Waals surface area contributed by atoms with Gasteiger partial charge in [0, 0.05) is 6.20 Å². The van der Waals surface area contributed by atoms with Crippen LogP contribution in [0.25, 0.3) is 0 Å². The van der Waals surface area contributed by atoms with Crippen LogP contribution in [0.1, 0.15) is 21.9 Å². The summed E-state index contributed by atoms with van der Waals surface area (Å²) in [4.78, 5) is 12.5. The van der Waals surface area contributed by atoms with Crippen molar-refractivity contribution in [2.45, 2.75) is 13.2 Å². The van der Waals surface area contributed by atoms with Crippen LogP contribution in [0.5, 0.6) is 5.75 Å². The molecule has 1 amide bonds. The molecular weight excluding hydrogens is 428 g/mol. The highest BCUT2D eigenvalue weighted by molar-refractivity contribution is 6.33. The first-order valence-corrected chi connectivity index (χ1v) is 9.60. The van der Waals surface area contributed by atoms with Crippen LogP contribution in [-0.2, 0) is 13.2 Å². The summed E-state index contributed by atoms with van der Waals surface area (Å²) in [7, 11) is 0. The predicted molar refractivity (Wildman–Crippen MR) is 110 cm³/mol. The molecule has 9 heteroatoms. The minimum Gasteiger partial charge on any atom is -0.486 e. The van der Waals surface area contributed by atoms with Crippen LogP contribution in [0.4, 0.5) is 14.6 Å². The summed E-state index contributed by atoms with van der Waals surface area (Å²) in [6, 6.07) is 14.7. The van der Waals surface area contributed by atoms with Crippen LogP contribution in [-0.4, -0.2) is 15.7 Å². The topological polar surface area (TPSA) is 69.3 Å². The van der Waals surface area contributed by atoms with E-state index >= 15 is 0 Å². The standard InChI is InChI=1S/C22H16ClF2N3O3/c23-19-12-28(11-14-1-3-15(24)4-2-14)27-21(19)26-22(29)20-10-9-18(31-20)13-30-17-7-5-16(25)6-8-17/h1-10,12H,11,13H2,(H,26,27,29). The molecule has 2 aromatic carbocycles. The number of rotatable bonds is 7. The molecule has 0 aliphatic rings. The maximum Gasteiger partial charge on any atom is 0.292 e. The highest BCUT2D eigenvalue weighted by Crippen LogP contribution is 2.22. The molecule has 0 aliphatic carbocycles. The number of nitrogens with zero attached hydrogens (tertiary/aromatic N) is 2. The van der Waals surface area contributed by atoms with Gasteiger partial charge in [-0.15, -0.1) is 0 Å². The average Bonchev–Trinajstić information content (AvgIpc) is 3.36. The number of furan rings is 1. The molecule has 0 radical (unpaired) electrons. The van der Waals surface area contributed by atoms with Gasteiger partial charge in [-0.3, -0.25) is 9.48 Å². The molecular formula is C22H16ClF2N3O3. The number of amides is 1. The Morgan fingerprint density at radius 2 is 1.71 bits per heavy atom. The van der Waals surface area contributed by atoms with Gasteiger partial charge in [-0.25, -0.2) is 8.78 Å². The third-order valence-electron chi connectivity index (χ3n) is 4.29. The zero-order valence-electron chi connectivity index (χ0n) is 16.0. The van der Waals surface area contributed by atoms with E-state index in [0.717, 1.165) is 5.56 Å². The largest absolute Gasteiger partial charge is 0.486 e.